The fourth-order valence-electron chi connectivity index (χ4n) is 1.44. The zero-order chi connectivity index (χ0) is 13.4. The minimum absolute atomic E-state index is 0.0142. The van der Waals surface area contributed by atoms with Gasteiger partial charge in [0.25, 0.3) is 0 Å². The molecule has 1 rings (SSSR count). The van der Waals surface area contributed by atoms with Crippen LogP contribution in [0.3, 0.4) is 0 Å². The van der Waals surface area contributed by atoms with Crippen molar-refractivity contribution in [1.29, 1.82) is 0 Å². The van der Waals surface area contributed by atoms with Gasteiger partial charge >= 0.3 is 5.97 Å². The summed E-state index contributed by atoms with van der Waals surface area (Å²) in [6.07, 6.45) is 1.08. The summed E-state index contributed by atoms with van der Waals surface area (Å²) in [6, 6.07) is 5.82. The van der Waals surface area contributed by atoms with E-state index < -0.39 is 11.8 Å². The molecular weight excluding hydrogens is 233 g/mol. The monoisotopic (exact) mass is 253 g/mol. The minimum atomic E-state index is -0.612. The van der Waals surface area contributed by atoms with Crippen molar-refractivity contribution >= 4 is 5.97 Å². The van der Waals surface area contributed by atoms with Gasteiger partial charge in [0.15, 0.2) is 0 Å². The lowest BCUT2D eigenvalue weighted by Gasteiger charge is -2.08. The van der Waals surface area contributed by atoms with Crippen molar-refractivity contribution < 1.29 is 13.9 Å². The van der Waals surface area contributed by atoms with Crippen LogP contribution in [0.1, 0.15) is 30.6 Å². The molecule has 0 atom stereocenters. The van der Waals surface area contributed by atoms with Crippen molar-refractivity contribution in [3.63, 3.8) is 0 Å². The summed E-state index contributed by atoms with van der Waals surface area (Å²) in [5.74, 6) is -0.507. The van der Waals surface area contributed by atoms with E-state index in [0.29, 0.717) is 12.5 Å². The first-order chi connectivity index (χ1) is 8.61. The van der Waals surface area contributed by atoms with Crippen LogP contribution in [0.4, 0.5) is 4.39 Å². The predicted octanol–water partition coefficient (Wildman–Crippen LogP) is 2.62. The molecule has 0 amide bonds. The smallest absolute Gasteiger partial charge is 0.341 e. The average Bonchev–Trinajstić information content (AvgIpc) is 2.33. The second-order valence-electron chi connectivity index (χ2n) is 4.55. The molecule has 0 fully saturated rings. The van der Waals surface area contributed by atoms with Crippen LogP contribution in [-0.2, 0) is 4.74 Å². The number of hydrogen-bond acceptors (Lipinski definition) is 3. The lowest BCUT2D eigenvalue weighted by atomic mass is 10.1. The summed E-state index contributed by atoms with van der Waals surface area (Å²) < 4.78 is 18.2. The Bertz CT molecular complexity index is 380. The lowest BCUT2D eigenvalue weighted by Crippen LogP contribution is -2.23. The zero-order valence-corrected chi connectivity index (χ0v) is 10.9. The third kappa shape index (κ3) is 5.27. The summed E-state index contributed by atoms with van der Waals surface area (Å²) in [6.45, 7) is 6.05. The molecule has 3 nitrogen and oxygen atoms in total. The van der Waals surface area contributed by atoms with E-state index in [9.17, 15) is 9.18 Å². The SMILES string of the molecule is CC(C)CCNCCOC(=O)c1ccccc1F. The fraction of sp³-hybridized carbons (Fsp3) is 0.500. The Morgan fingerprint density at radius 2 is 2.06 bits per heavy atom. The number of carbonyl (C=O) groups excluding carboxylic acids is 1. The molecule has 0 heterocycles. The molecule has 4 heteroatoms. The number of hydrogen-bond donors (Lipinski definition) is 1. The summed E-state index contributed by atoms with van der Waals surface area (Å²) in [4.78, 5) is 11.5. The molecule has 18 heavy (non-hydrogen) atoms. The van der Waals surface area contributed by atoms with Crippen LogP contribution in [0.5, 0.6) is 0 Å². The molecule has 0 bridgehead atoms. The third-order valence-electron chi connectivity index (χ3n) is 2.50. The van der Waals surface area contributed by atoms with Crippen LogP contribution in [0.2, 0.25) is 0 Å². The number of rotatable bonds is 7. The Balaban J connectivity index is 2.20. The van der Waals surface area contributed by atoms with Gasteiger partial charge in [-0.3, -0.25) is 0 Å². The summed E-state index contributed by atoms with van der Waals surface area (Å²) in [5.41, 5.74) is -0.0142. The number of benzene rings is 1. The van der Waals surface area contributed by atoms with E-state index in [2.05, 4.69) is 19.2 Å². The van der Waals surface area contributed by atoms with Crippen molar-refractivity contribution in [1.82, 2.24) is 5.32 Å². The van der Waals surface area contributed by atoms with Crippen molar-refractivity contribution in [2.45, 2.75) is 20.3 Å². The van der Waals surface area contributed by atoms with E-state index >= 15 is 0 Å². The van der Waals surface area contributed by atoms with Gasteiger partial charge in [0.05, 0.1) is 5.56 Å². The van der Waals surface area contributed by atoms with Gasteiger partial charge in [-0.1, -0.05) is 26.0 Å². The molecule has 0 unspecified atom stereocenters. The second kappa shape index (κ2) is 7.82. The molecule has 0 saturated heterocycles. The lowest BCUT2D eigenvalue weighted by molar-refractivity contribution is 0.0503. The first-order valence-corrected chi connectivity index (χ1v) is 6.23. The molecule has 1 aromatic carbocycles. The molecule has 0 aromatic heterocycles. The average molecular weight is 253 g/mol. The highest BCUT2D eigenvalue weighted by Crippen LogP contribution is 2.07. The Hall–Kier alpha value is -1.42. The number of esters is 1. The van der Waals surface area contributed by atoms with Crippen LogP contribution >= 0.6 is 0 Å². The molecule has 1 N–H and O–H groups in total. The summed E-state index contributed by atoms with van der Waals surface area (Å²) in [7, 11) is 0. The molecule has 0 spiro atoms. The maximum absolute atomic E-state index is 13.2. The third-order valence-corrected chi connectivity index (χ3v) is 2.50. The number of carbonyl (C=O) groups is 1. The second-order valence-corrected chi connectivity index (χ2v) is 4.55. The molecule has 0 radical (unpaired) electrons. The van der Waals surface area contributed by atoms with Crippen LogP contribution in [-0.4, -0.2) is 25.7 Å². The van der Waals surface area contributed by atoms with Gasteiger partial charge in [-0.2, -0.15) is 0 Å². The fourth-order valence-corrected chi connectivity index (χ4v) is 1.44. The summed E-state index contributed by atoms with van der Waals surface area (Å²) >= 11 is 0. The first kappa shape index (κ1) is 14.6. The van der Waals surface area contributed by atoms with Gasteiger partial charge in [0, 0.05) is 6.54 Å². The normalized spacial score (nSPS) is 10.7. The maximum Gasteiger partial charge on any atom is 0.341 e. The standard InChI is InChI=1S/C14H20FNO2/c1-11(2)7-8-16-9-10-18-14(17)12-5-3-4-6-13(12)15/h3-6,11,16H,7-10H2,1-2H3. The quantitative estimate of drug-likeness (QED) is 0.599. The Morgan fingerprint density at radius 1 is 1.33 bits per heavy atom. The molecule has 0 aliphatic carbocycles. The number of ether oxygens (including phenoxy) is 1. The van der Waals surface area contributed by atoms with Gasteiger partial charge in [-0.25, -0.2) is 9.18 Å². The highest BCUT2D eigenvalue weighted by molar-refractivity contribution is 5.89. The van der Waals surface area contributed by atoms with Gasteiger partial charge in [0.2, 0.25) is 0 Å². The van der Waals surface area contributed by atoms with Crippen molar-refractivity contribution in [2.75, 3.05) is 19.7 Å². The number of nitrogens with one attached hydrogen (secondary N) is 1. The summed E-state index contributed by atoms with van der Waals surface area (Å²) in [5, 5.41) is 3.17. The zero-order valence-electron chi connectivity index (χ0n) is 10.9. The van der Waals surface area contributed by atoms with E-state index in [1.807, 2.05) is 0 Å². The van der Waals surface area contributed by atoms with E-state index in [1.165, 1.54) is 12.1 Å². The molecule has 0 saturated carbocycles. The van der Waals surface area contributed by atoms with Crippen LogP contribution in [0.15, 0.2) is 24.3 Å². The van der Waals surface area contributed by atoms with Crippen LogP contribution in [0, 0.1) is 11.7 Å². The van der Waals surface area contributed by atoms with Crippen molar-refractivity contribution in [3.05, 3.63) is 35.6 Å². The highest BCUT2D eigenvalue weighted by atomic mass is 19.1. The maximum atomic E-state index is 13.2. The van der Waals surface area contributed by atoms with E-state index in [4.69, 9.17) is 4.74 Å². The van der Waals surface area contributed by atoms with E-state index in [-0.39, 0.29) is 12.2 Å². The molecule has 1 aromatic rings. The Morgan fingerprint density at radius 3 is 2.72 bits per heavy atom. The largest absolute Gasteiger partial charge is 0.461 e. The number of halogens is 1. The van der Waals surface area contributed by atoms with Crippen molar-refractivity contribution in [2.24, 2.45) is 5.92 Å². The molecular formula is C14H20FNO2. The van der Waals surface area contributed by atoms with Gasteiger partial charge in [-0.05, 0) is 31.0 Å². The topological polar surface area (TPSA) is 38.3 Å². The van der Waals surface area contributed by atoms with Gasteiger partial charge in [-0.15, -0.1) is 0 Å². The molecule has 100 valence electrons. The Labute approximate surface area is 107 Å². The Kier molecular flexibility index (Phi) is 6.36. The highest BCUT2D eigenvalue weighted by Gasteiger charge is 2.11. The van der Waals surface area contributed by atoms with E-state index in [1.54, 1.807) is 12.1 Å². The van der Waals surface area contributed by atoms with Crippen LogP contribution in [0.25, 0.3) is 0 Å². The van der Waals surface area contributed by atoms with Gasteiger partial charge in [0.1, 0.15) is 12.4 Å². The van der Waals surface area contributed by atoms with Crippen molar-refractivity contribution in [3.8, 4) is 0 Å². The van der Waals surface area contributed by atoms with Crippen LogP contribution < -0.4 is 5.32 Å². The minimum Gasteiger partial charge on any atom is -0.461 e. The first-order valence-electron chi connectivity index (χ1n) is 6.23. The molecule has 0 aliphatic rings. The van der Waals surface area contributed by atoms with E-state index in [0.717, 1.165) is 13.0 Å². The predicted molar refractivity (Wildman–Crippen MR) is 69.0 cm³/mol. The van der Waals surface area contributed by atoms with Gasteiger partial charge < -0.3 is 10.1 Å². The molecule has 0 aliphatic heterocycles.